The molecule has 3 heterocycles. The number of benzene rings is 1. The fraction of sp³-hybridized carbons (Fsp3) is 0.385. The average Bonchev–Trinajstić information content (AvgIpc) is 3.39. The summed E-state index contributed by atoms with van der Waals surface area (Å²) in [7, 11) is 0. The molecule has 4 aromatic rings. The van der Waals surface area contributed by atoms with Crippen molar-refractivity contribution in [3.8, 4) is 0 Å². The van der Waals surface area contributed by atoms with Gasteiger partial charge in [-0.3, -0.25) is 9.59 Å². The van der Waals surface area contributed by atoms with Gasteiger partial charge in [0.15, 0.2) is 5.65 Å². The van der Waals surface area contributed by atoms with Crippen molar-refractivity contribution in [2.24, 2.45) is 11.7 Å². The highest BCUT2D eigenvalue weighted by Crippen LogP contribution is 2.27. The summed E-state index contributed by atoms with van der Waals surface area (Å²) in [5.74, 6) is -0.0183. The lowest BCUT2D eigenvalue weighted by atomic mass is 10.0. The molecule has 0 aliphatic carbocycles. The fourth-order valence-corrected chi connectivity index (χ4v) is 4.82. The lowest BCUT2D eigenvalue weighted by molar-refractivity contribution is -0.119. The second-order valence-electron chi connectivity index (χ2n) is 9.41. The number of carbonyl (C=O) groups excluding carboxylic acids is 2. The van der Waals surface area contributed by atoms with Crippen molar-refractivity contribution in [3.05, 3.63) is 59.2 Å². The predicted octanol–water partition coefficient (Wildman–Crippen LogP) is 4.33. The standard InChI is InChI=1S/C26H32N6O2/c1-15(2)12-16(3)31(20-6-8-23-19(13-20)10-11-28-23)24(33)9-7-21-17(4)30-26-22(25(27)34)14-29-32(26)18(21)5/h6,8,10-11,13-16,28H,7,9,12H2,1-5H3,(H2,27,34). The largest absolute Gasteiger partial charge is 0.365 e. The molecule has 1 aromatic carbocycles. The Balaban J connectivity index is 1.63. The summed E-state index contributed by atoms with van der Waals surface area (Å²) in [6.07, 6.45) is 5.13. The number of aromatic nitrogens is 4. The normalized spacial score (nSPS) is 12.5. The van der Waals surface area contributed by atoms with Gasteiger partial charge in [-0.05, 0) is 69.4 Å². The third-order valence-electron chi connectivity index (χ3n) is 6.40. The molecular formula is C26H32N6O2. The van der Waals surface area contributed by atoms with E-state index in [9.17, 15) is 9.59 Å². The number of amides is 2. The molecule has 8 heteroatoms. The molecule has 0 bridgehead atoms. The molecule has 4 rings (SSSR count). The molecule has 0 saturated heterocycles. The SMILES string of the molecule is Cc1nc2c(C(N)=O)cnn2c(C)c1CCC(=O)N(c1ccc2[nH]ccc2c1)C(C)CC(C)C. The summed E-state index contributed by atoms with van der Waals surface area (Å²) in [4.78, 5) is 35.0. The minimum absolute atomic E-state index is 0.0657. The number of nitrogens with one attached hydrogen (secondary N) is 1. The first-order valence-electron chi connectivity index (χ1n) is 11.7. The van der Waals surface area contributed by atoms with E-state index < -0.39 is 5.91 Å². The molecule has 0 fully saturated rings. The molecule has 3 aromatic heterocycles. The minimum atomic E-state index is -0.557. The molecule has 2 amide bonds. The lowest BCUT2D eigenvalue weighted by Crippen LogP contribution is -2.39. The molecule has 0 saturated carbocycles. The van der Waals surface area contributed by atoms with Gasteiger partial charge in [0.2, 0.25) is 5.91 Å². The smallest absolute Gasteiger partial charge is 0.254 e. The van der Waals surface area contributed by atoms with Crippen molar-refractivity contribution < 1.29 is 9.59 Å². The van der Waals surface area contributed by atoms with Crippen molar-refractivity contribution >= 4 is 34.1 Å². The highest BCUT2D eigenvalue weighted by atomic mass is 16.2. The summed E-state index contributed by atoms with van der Waals surface area (Å²) in [5, 5.41) is 5.37. The molecular weight excluding hydrogens is 428 g/mol. The number of aromatic amines is 1. The van der Waals surface area contributed by atoms with Crippen molar-refractivity contribution in [3.63, 3.8) is 0 Å². The topological polar surface area (TPSA) is 109 Å². The number of anilines is 1. The number of aryl methyl sites for hydroxylation is 2. The first-order chi connectivity index (χ1) is 16.2. The lowest BCUT2D eigenvalue weighted by Gasteiger charge is -2.31. The predicted molar refractivity (Wildman–Crippen MR) is 134 cm³/mol. The zero-order chi connectivity index (χ0) is 24.6. The van der Waals surface area contributed by atoms with Gasteiger partial charge in [0.25, 0.3) is 5.91 Å². The monoisotopic (exact) mass is 460 g/mol. The highest BCUT2D eigenvalue weighted by molar-refractivity contribution is 5.98. The summed E-state index contributed by atoms with van der Waals surface area (Å²) < 4.78 is 1.63. The molecule has 0 aliphatic rings. The van der Waals surface area contributed by atoms with Crippen LogP contribution in [-0.2, 0) is 11.2 Å². The third-order valence-corrected chi connectivity index (χ3v) is 6.40. The van der Waals surface area contributed by atoms with Gasteiger partial charge in [-0.25, -0.2) is 9.50 Å². The molecule has 0 spiro atoms. The van der Waals surface area contributed by atoms with Gasteiger partial charge in [-0.1, -0.05) is 13.8 Å². The average molecular weight is 461 g/mol. The maximum Gasteiger partial charge on any atom is 0.254 e. The second-order valence-corrected chi connectivity index (χ2v) is 9.41. The minimum Gasteiger partial charge on any atom is -0.365 e. The number of fused-ring (bicyclic) bond motifs is 2. The van der Waals surface area contributed by atoms with Gasteiger partial charge >= 0.3 is 0 Å². The first kappa shape index (κ1) is 23.5. The van der Waals surface area contributed by atoms with Crippen LogP contribution in [0.3, 0.4) is 0 Å². The third kappa shape index (κ3) is 4.40. The quantitative estimate of drug-likeness (QED) is 0.408. The number of nitrogens with two attached hydrogens (primary N) is 1. The Hall–Kier alpha value is -3.68. The fourth-order valence-electron chi connectivity index (χ4n) is 4.82. The Morgan fingerprint density at radius 1 is 1.18 bits per heavy atom. The molecule has 1 unspecified atom stereocenters. The highest BCUT2D eigenvalue weighted by Gasteiger charge is 2.24. The van der Waals surface area contributed by atoms with Crippen LogP contribution in [0.2, 0.25) is 0 Å². The Bertz CT molecular complexity index is 1370. The van der Waals surface area contributed by atoms with E-state index in [4.69, 9.17) is 5.73 Å². The number of hydrogen-bond donors (Lipinski definition) is 2. The molecule has 178 valence electrons. The van der Waals surface area contributed by atoms with E-state index in [1.165, 1.54) is 6.20 Å². The number of rotatable bonds is 8. The van der Waals surface area contributed by atoms with Gasteiger partial charge in [0.05, 0.1) is 6.20 Å². The Morgan fingerprint density at radius 2 is 1.94 bits per heavy atom. The maximum atomic E-state index is 13.6. The van der Waals surface area contributed by atoms with Gasteiger partial charge in [0.1, 0.15) is 5.56 Å². The number of H-pyrrole nitrogens is 1. The van der Waals surface area contributed by atoms with Crippen LogP contribution in [0, 0.1) is 19.8 Å². The van der Waals surface area contributed by atoms with Crippen molar-refractivity contribution in [1.29, 1.82) is 0 Å². The van der Waals surface area contributed by atoms with Crippen LogP contribution in [0.5, 0.6) is 0 Å². The van der Waals surface area contributed by atoms with Crippen LogP contribution < -0.4 is 10.6 Å². The molecule has 34 heavy (non-hydrogen) atoms. The van der Waals surface area contributed by atoms with Crippen molar-refractivity contribution in [2.45, 2.75) is 59.9 Å². The second kappa shape index (κ2) is 9.29. The van der Waals surface area contributed by atoms with Crippen molar-refractivity contribution in [2.75, 3.05) is 4.90 Å². The van der Waals surface area contributed by atoms with E-state index in [0.29, 0.717) is 30.0 Å². The van der Waals surface area contributed by atoms with Gasteiger partial charge < -0.3 is 15.6 Å². The maximum absolute atomic E-state index is 13.6. The van der Waals surface area contributed by atoms with Crippen LogP contribution in [0.25, 0.3) is 16.6 Å². The molecule has 8 nitrogen and oxygen atoms in total. The van der Waals surface area contributed by atoms with E-state index >= 15 is 0 Å². The zero-order valence-electron chi connectivity index (χ0n) is 20.4. The number of carbonyl (C=O) groups is 2. The summed E-state index contributed by atoms with van der Waals surface area (Å²) in [6.45, 7) is 10.3. The van der Waals surface area contributed by atoms with Crippen molar-refractivity contribution in [1.82, 2.24) is 19.6 Å². The Morgan fingerprint density at radius 3 is 2.65 bits per heavy atom. The van der Waals surface area contributed by atoms with E-state index in [2.05, 4.69) is 41.9 Å². The van der Waals surface area contributed by atoms with Crippen LogP contribution in [0.1, 0.15) is 60.9 Å². The van der Waals surface area contributed by atoms with E-state index in [1.807, 2.05) is 43.1 Å². The number of nitrogens with zero attached hydrogens (tertiary/aromatic N) is 4. The summed E-state index contributed by atoms with van der Waals surface area (Å²) in [5.41, 5.74) is 10.7. The Labute approximate surface area is 199 Å². The van der Waals surface area contributed by atoms with Crippen LogP contribution in [-0.4, -0.2) is 37.4 Å². The van der Waals surface area contributed by atoms with E-state index in [-0.39, 0.29) is 11.9 Å². The van der Waals surface area contributed by atoms with Gasteiger partial charge in [-0.15, -0.1) is 0 Å². The molecule has 0 radical (unpaired) electrons. The number of hydrogen-bond acceptors (Lipinski definition) is 4. The number of primary amides is 1. The Kier molecular flexibility index (Phi) is 6.41. The van der Waals surface area contributed by atoms with Crippen LogP contribution in [0.4, 0.5) is 5.69 Å². The van der Waals surface area contributed by atoms with E-state index in [0.717, 1.165) is 40.0 Å². The van der Waals surface area contributed by atoms with Gasteiger partial charge in [-0.2, -0.15) is 5.10 Å². The zero-order valence-corrected chi connectivity index (χ0v) is 20.4. The summed E-state index contributed by atoms with van der Waals surface area (Å²) >= 11 is 0. The van der Waals surface area contributed by atoms with Gasteiger partial charge in [0, 0.05) is 46.6 Å². The molecule has 3 N–H and O–H groups in total. The molecule has 0 aliphatic heterocycles. The van der Waals surface area contributed by atoms with Crippen LogP contribution in [0.15, 0.2) is 36.7 Å². The first-order valence-corrected chi connectivity index (χ1v) is 11.7. The summed E-state index contributed by atoms with van der Waals surface area (Å²) in [6, 6.07) is 8.18. The van der Waals surface area contributed by atoms with E-state index in [1.54, 1.807) is 4.52 Å². The van der Waals surface area contributed by atoms with Crippen LogP contribution >= 0.6 is 0 Å². The molecule has 1 atom stereocenters.